The summed E-state index contributed by atoms with van der Waals surface area (Å²) in [6.45, 7) is 3.74. The van der Waals surface area contributed by atoms with Crippen molar-refractivity contribution in [1.29, 1.82) is 0 Å². The van der Waals surface area contributed by atoms with E-state index in [1.54, 1.807) is 0 Å². The van der Waals surface area contributed by atoms with Crippen LogP contribution in [0.4, 0.5) is 4.79 Å². The number of carbonyl (C=O) groups is 1. The molecule has 0 rings (SSSR count). The van der Waals surface area contributed by atoms with E-state index in [2.05, 4.69) is 5.32 Å². The Balaban J connectivity index is 3.43. The van der Waals surface area contributed by atoms with Gasteiger partial charge >= 0.3 is 6.09 Å². The van der Waals surface area contributed by atoms with Crippen molar-refractivity contribution in [1.82, 2.24) is 5.32 Å². The highest BCUT2D eigenvalue weighted by molar-refractivity contribution is 5.64. The third-order valence-electron chi connectivity index (χ3n) is 1.10. The lowest BCUT2D eigenvalue weighted by molar-refractivity contribution is 0.191. The van der Waals surface area contributed by atoms with E-state index < -0.39 is 6.09 Å². The van der Waals surface area contributed by atoms with Gasteiger partial charge in [-0.2, -0.15) is 0 Å². The van der Waals surface area contributed by atoms with Crippen LogP contribution in [0.5, 0.6) is 0 Å². The van der Waals surface area contributed by atoms with E-state index in [0.717, 1.165) is 6.42 Å². The molecule has 0 aliphatic heterocycles. The maximum atomic E-state index is 10.0. The average Bonchev–Trinajstić information content (AvgIpc) is 1.82. The summed E-state index contributed by atoms with van der Waals surface area (Å²) >= 11 is 0. The monoisotopic (exact) mass is 143 g/mol. The Morgan fingerprint density at radius 2 is 2.40 bits per heavy atom. The molecule has 0 aliphatic rings. The molecule has 0 aromatic rings. The summed E-state index contributed by atoms with van der Waals surface area (Å²) < 4.78 is 0. The van der Waals surface area contributed by atoms with Gasteiger partial charge in [0.05, 0.1) is 0 Å². The second-order valence-corrected chi connectivity index (χ2v) is 2.16. The fraction of sp³-hybridized carbons (Fsp3) is 0.571. The zero-order valence-electron chi connectivity index (χ0n) is 6.29. The molecule has 2 N–H and O–H groups in total. The lowest BCUT2D eigenvalue weighted by Crippen LogP contribution is -2.30. The van der Waals surface area contributed by atoms with Crippen molar-refractivity contribution < 1.29 is 9.90 Å². The highest BCUT2D eigenvalue weighted by Crippen LogP contribution is 1.90. The second kappa shape index (κ2) is 4.85. The van der Waals surface area contributed by atoms with Crippen LogP contribution in [0.15, 0.2) is 12.2 Å². The quantitative estimate of drug-likeness (QED) is 0.589. The zero-order chi connectivity index (χ0) is 7.98. The summed E-state index contributed by atoms with van der Waals surface area (Å²) in [6.07, 6.45) is 3.63. The number of amides is 1. The van der Waals surface area contributed by atoms with Gasteiger partial charge in [-0.05, 0) is 20.3 Å². The molecule has 0 aromatic heterocycles. The number of carboxylic acid groups (broad SMARTS) is 1. The van der Waals surface area contributed by atoms with Gasteiger partial charge in [-0.25, -0.2) is 4.79 Å². The Bertz CT molecular complexity index is 132. The molecule has 3 heteroatoms. The Hall–Kier alpha value is -0.990. The summed E-state index contributed by atoms with van der Waals surface area (Å²) in [5.74, 6) is 0. The molecule has 1 amide bonds. The Labute approximate surface area is 60.7 Å². The van der Waals surface area contributed by atoms with Gasteiger partial charge in [0.15, 0.2) is 0 Å². The molecule has 3 nitrogen and oxygen atoms in total. The maximum Gasteiger partial charge on any atom is 0.404 e. The lowest BCUT2D eigenvalue weighted by Gasteiger charge is -2.06. The smallest absolute Gasteiger partial charge is 0.404 e. The van der Waals surface area contributed by atoms with Gasteiger partial charge in [-0.3, -0.25) is 0 Å². The van der Waals surface area contributed by atoms with Crippen LogP contribution in [0.25, 0.3) is 0 Å². The van der Waals surface area contributed by atoms with E-state index in [0.29, 0.717) is 0 Å². The second-order valence-electron chi connectivity index (χ2n) is 2.16. The molecule has 0 heterocycles. The molecule has 0 bridgehead atoms. The van der Waals surface area contributed by atoms with E-state index in [1.165, 1.54) is 0 Å². The summed E-state index contributed by atoms with van der Waals surface area (Å²) in [4.78, 5) is 10.0. The van der Waals surface area contributed by atoms with Crippen molar-refractivity contribution in [3.8, 4) is 0 Å². The van der Waals surface area contributed by atoms with Crippen molar-refractivity contribution in [3.05, 3.63) is 12.2 Å². The standard InChI is InChI=1S/C7H13NO2/c1-3-4-5-6(2)8-7(9)10/h3-4,6,8H,5H2,1-2H3,(H,9,10). The first-order valence-electron chi connectivity index (χ1n) is 3.27. The predicted octanol–water partition coefficient (Wildman–Crippen LogP) is 1.61. The topological polar surface area (TPSA) is 49.3 Å². The summed E-state index contributed by atoms with van der Waals surface area (Å²) in [7, 11) is 0. The fourth-order valence-corrected chi connectivity index (χ4v) is 0.610. The van der Waals surface area contributed by atoms with Gasteiger partial charge in [0, 0.05) is 6.04 Å². The van der Waals surface area contributed by atoms with Gasteiger partial charge in [-0.1, -0.05) is 12.2 Å². The molecule has 0 aromatic carbocycles. The number of nitrogens with one attached hydrogen (secondary N) is 1. The van der Waals surface area contributed by atoms with E-state index in [4.69, 9.17) is 5.11 Å². The van der Waals surface area contributed by atoms with Crippen molar-refractivity contribution in [2.45, 2.75) is 26.3 Å². The molecular weight excluding hydrogens is 130 g/mol. The summed E-state index contributed by atoms with van der Waals surface area (Å²) in [6, 6.07) is 0.00806. The van der Waals surface area contributed by atoms with Crippen LogP contribution in [-0.4, -0.2) is 17.2 Å². The molecule has 1 unspecified atom stereocenters. The predicted molar refractivity (Wildman–Crippen MR) is 40.1 cm³/mol. The minimum absolute atomic E-state index is 0.00806. The van der Waals surface area contributed by atoms with Crippen molar-refractivity contribution >= 4 is 6.09 Å². The molecule has 0 saturated heterocycles. The Morgan fingerprint density at radius 1 is 1.80 bits per heavy atom. The van der Waals surface area contributed by atoms with Gasteiger partial charge < -0.3 is 10.4 Å². The van der Waals surface area contributed by atoms with Crippen LogP contribution in [0.1, 0.15) is 20.3 Å². The van der Waals surface area contributed by atoms with Gasteiger partial charge in [0.1, 0.15) is 0 Å². The van der Waals surface area contributed by atoms with Gasteiger partial charge in [-0.15, -0.1) is 0 Å². The molecule has 0 aliphatic carbocycles. The first kappa shape index (κ1) is 9.01. The van der Waals surface area contributed by atoms with Crippen LogP contribution in [0.2, 0.25) is 0 Å². The molecule has 10 heavy (non-hydrogen) atoms. The molecule has 0 spiro atoms. The van der Waals surface area contributed by atoms with Crippen LogP contribution < -0.4 is 5.32 Å². The zero-order valence-corrected chi connectivity index (χ0v) is 6.29. The number of rotatable bonds is 3. The van der Waals surface area contributed by atoms with Crippen LogP contribution in [0.3, 0.4) is 0 Å². The highest BCUT2D eigenvalue weighted by Gasteiger charge is 2.00. The van der Waals surface area contributed by atoms with Crippen LogP contribution in [-0.2, 0) is 0 Å². The van der Waals surface area contributed by atoms with E-state index in [1.807, 2.05) is 26.0 Å². The average molecular weight is 143 g/mol. The lowest BCUT2D eigenvalue weighted by atomic mass is 10.2. The normalized spacial score (nSPS) is 13.4. The third kappa shape index (κ3) is 5.15. The fourth-order valence-electron chi connectivity index (χ4n) is 0.610. The Kier molecular flexibility index (Phi) is 4.37. The molecule has 0 fully saturated rings. The molecule has 58 valence electrons. The van der Waals surface area contributed by atoms with Crippen LogP contribution >= 0.6 is 0 Å². The summed E-state index contributed by atoms with van der Waals surface area (Å²) in [5.41, 5.74) is 0. The van der Waals surface area contributed by atoms with Crippen LogP contribution in [0, 0.1) is 0 Å². The van der Waals surface area contributed by atoms with Crippen molar-refractivity contribution in [2.75, 3.05) is 0 Å². The van der Waals surface area contributed by atoms with E-state index in [-0.39, 0.29) is 6.04 Å². The molecular formula is C7H13NO2. The number of hydrogen-bond acceptors (Lipinski definition) is 1. The number of allylic oxidation sites excluding steroid dienone is 1. The van der Waals surface area contributed by atoms with E-state index in [9.17, 15) is 4.79 Å². The minimum Gasteiger partial charge on any atom is -0.465 e. The first-order valence-corrected chi connectivity index (χ1v) is 3.27. The third-order valence-corrected chi connectivity index (χ3v) is 1.10. The van der Waals surface area contributed by atoms with Gasteiger partial charge in [0.2, 0.25) is 0 Å². The summed E-state index contributed by atoms with van der Waals surface area (Å²) in [5, 5.41) is 10.6. The van der Waals surface area contributed by atoms with Gasteiger partial charge in [0.25, 0.3) is 0 Å². The minimum atomic E-state index is -0.961. The van der Waals surface area contributed by atoms with E-state index >= 15 is 0 Å². The Morgan fingerprint density at radius 3 is 2.80 bits per heavy atom. The van der Waals surface area contributed by atoms with Crippen molar-refractivity contribution in [3.63, 3.8) is 0 Å². The van der Waals surface area contributed by atoms with Crippen molar-refractivity contribution in [2.24, 2.45) is 0 Å². The maximum absolute atomic E-state index is 10.0. The molecule has 0 saturated carbocycles. The molecule has 1 atom stereocenters. The highest BCUT2D eigenvalue weighted by atomic mass is 16.4. The molecule has 0 radical (unpaired) electrons. The largest absolute Gasteiger partial charge is 0.465 e. The SMILES string of the molecule is CC=CCC(C)NC(=O)O. The first-order chi connectivity index (χ1) is 4.66. The number of hydrogen-bond donors (Lipinski definition) is 2.